The fraction of sp³-hybridized carbons (Fsp3) is 0.222. The van der Waals surface area contributed by atoms with Crippen LogP contribution in [0.2, 0.25) is 0 Å². The predicted molar refractivity (Wildman–Crippen MR) is 50.6 cm³/mol. The Balaban J connectivity index is 2.74. The van der Waals surface area contributed by atoms with Crippen LogP contribution < -0.4 is 5.32 Å². The molecule has 1 aromatic heterocycles. The van der Waals surface area contributed by atoms with E-state index in [2.05, 4.69) is 21.6 Å². The van der Waals surface area contributed by atoms with Crippen LogP contribution in [0.5, 0.6) is 0 Å². The van der Waals surface area contributed by atoms with Crippen LogP contribution in [0, 0.1) is 0 Å². The third-order valence-corrected chi connectivity index (χ3v) is 1.67. The number of rotatable bonds is 4. The van der Waals surface area contributed by atoms with E-state index in [1.807, 2.05) is 0 Å². The molecule has 1 heterocycles. The van der Waals surface area contributed by atoms with Crippen molar-refractivity contribution >= 4 is 11.9 Å². The van der Waals surface area contributed by atoms with E-state index >= 15 is 0 Å². The van der Waals surface area contributed by atoms with Gasteiger partial charge in [-0.25, -0.2) is 4.79 Å². The summed E-state index contributed by atoms with van der Waals surface area (Å²) in [4.78, 5) is 21.8. The number of aromatic carboxylic acids is 1. The Hall–Kier alpha value is -2.11. The first-order valence-corrected chi connectivity index (χ1v) is 4.18. The molecule has 80 valence electrons. The fourth-order valence-corrected chi connectivity index (χ4v) is 0.823. The molecule has 1 aromatic rings. The van der Waals surface area contributed by atoms with E-state index in [1.165, 1.54) is 6.08 Å². The molecule has 1 rings (SSSR count). The van der Waals surface area contributed by atoms with Crippen molar-refractivity contribution in [3.8, 4) is 0 Å². The average Bonchev–Trinajstić information content (AvgIpc) is 2.66. The molecular weight excluding hydrogens is 200 g/mol. The van der Waals surface area contributed by atoms with E-state index < -0.39 is 11.9 Å². The molecule has 1 unspecified atom stereocenters. The van der Waals surface area contributed by atoms with E-state index in [1.54, 1.807) is 6.92 Å². The zero-order chi connectivity index (χ0) is 11.4. The number of nitrogens with one attached hydrogen (secondary N) is 1. The number of aromatic nitrogens is 1. The molecule has 6 heteroatoms. The Morgan fingerprint density at radius 3 is 2.87 bits per heavy atom. The van der Waals surface area contributed by atoms with Gasteiger partial charge in [-0.1, -0.05) is 11.2 Å². The highest BCUT2D eigenvalue weighted by molar-refractivity contribution is 5.95. The summed E-state index contributed by atoms with van der Waals surface area (Å²) in [5.41, 5.74) is -0.0684. The number of carbonyl (C=O) groups is 2. The first kappa shape index (κ1) is 11.0. The van der Waals surface area contributed by atoms with Crippen LogP contribution in [-0.2, 0) is 0 Å². The molecule has 0 aromatic carbocycles. The molecule has 0 spiro atoms. The van der Waals surface area contributed by atoms with Gasteiger partial charge in [-0.3, -0.25) is 4.79 Å². The summed E-state index contributed by atoms with van der Waals surface area (Å²) >= 11 is 0. The number of amides is 1. The Morgan fingerprint density at radius 2 is 2.40 bits per heavy atom. The predicted octanol–water partition coefficient (Wildman–Crippen LogP) is 0.677. The lowest BCUT2D eigenvalue weighted by Crippen LogP contribution is -2.31. The molecule has 0 aliphatic heterocycles. The van der Waals surface area contributed by atoms with Gasteiger partial charge < -0.3 is 14.9 Å². The van der Waals surface area contributed by atoms with Crippen molar-refractivity contribution in [3.63, 3.8) is 0 Å². The third kappa shape index (κ3) is 2.67. The molecule has 15 heavy (non-hydrogen) atoms. The van der Waals surface area contributed by atoms with Gasteiger partial charge in [0.2, 0.25) is 5.76 Å². The summed E-state index contributed by atoms with van der Waals surface area (Å²) in [6.07, 6.45) is 1.54. The standard InChI is InChI=1S/C9H10N2O4/c1-3-5(2)10-8(12)6-4-7(9(13)14)15-11-6/h3-5H,1H2,2H3,(H,10,12)(H,13,14). The van der Waals surface area contributed by atoms with Gasteiger partial charge in [0.15, 0.2) is 5.69 Å². The fourth-order valence-electron chi connectivity index (χ4n) is 0.823. The summed E-state index contributed by atoms with van der Waals surface area (Å²) in [7, 11) is 0. The van der Waals surface area contributed by atoms with E-state index in [0.717, 1.165) is 6.07 Å². The van der Waals surface area contributed by atoms with E-state index in [-0.39, 0.29) is 17.5 Å². The molecule has 6 nitrogen and oxygen atoms in total. The maximum atomic E-state index is 11.4. The van der Waals surface area contributed by atoms with Crippen LogP contribution in [0.4, 0.5) is 0 Å². The molecule has 0 saturated heterocycles. The van der Waals surface area contributed by atoms with Gasteiger partial charge in [0.25, 0.3) is 5.91 Å². The van der Waals surface area contributed by atoms with Crippen molar-refractivity contribution < 1.29 is 19.2 Å². The number of hydrogen-bond donors (Lipinski definition) is 2. The van der Waals surface area contributed by atoms with Gasteiger partial charge in [0.1, 0.15) is 0 Å². The lowest BCUT2D eigenvalue weighted by atomic mass is 10.3. The van der Waals surface area contributed by atoms with Crippen molar-refractivity contribution in [2.75, 3.05) is 0 Å². The van der Waals surface area contributed by atoms with Gasteiger partial charge >= 0.3 is 5.97 Å². The Morgan fingerprint density at radius 1 is 1.73 bits per heavy atom. The maximum Gasteiger partial charge on any atom is 0.374 e. The minimum atomic E-state index is -1.27. The minimum absolute atomic E-state index is 0.0684. The monoisotopic (exact) mass is 210 g/mol. The molecule has 0 saturated carbocycles. The van der Waals surface area contributed by atoms with E-state index in [4.69, 9.17) is 5.11 Å². The van der Waals surface area contributed by atoms with E-state index in [0.29, 0.717) is 0 Å². The number of carboxylic acids is 1. The molecular formula is C9H10N2O4. The quantitative estimate of drug-likeness (QED) is 0.713. The Labute approximate surface area is 85.6 Å². The normalized spacial score (nSPS) is 11.8. The van der Waals surface area contributed by atoms with E-state index in [9.17, 15) is 9.59 Å². The molecule has 0 fully saturated rings. The lowest BCUT2D eigenvalue weighted by Gasteiger charge is -2.05. The van der Waals surface area contributed by atoms with Crippen molar-refractivity contribution in [2.45, 2.75) is 13.0 Å². The zero-order valence-corrected chi connectivity index (χ0v) is 8.06. The van der Waals surface area contributed by atoms with Crippen molar-refractivity contribution in [3.05, 3.63) is 30.2 Å². The van der Waals surface area contributed by atoms with Crippen molar-refractivity contribution in [2.24, 2.45) is 0 Å². The average molecular weight is 210 g/mol. The lowest BCUT2D eigenvalue weighted by molar-refractivity contribution is 0.0651. The molecule has 0 bridgehead atoms. The van der Waals surface area contributed by atoms with Crippen LogP contribution in [0.3, 0.4) is 0 Å². The molecule has 2 N–H and O–H groups in total. The van der Waals surface area contributed by atoms with Gasteiger partial charge in [-0.2, -0.15) is 0 Å². The summed E-state index contributed by atoms with van der Waals surface area (Å²) in [6, 6.07) is 0.843. The molecule has 1 amide bonds. The smallest absolute Gasteiger partial charge is 0.374 e. The van der Waals surface area contributed by atoms with Gasteiger partial charge in [-0.15, -0.1) is 6.58 Å². The highest BCUT2D eigenvalue weighted by atomic mass is 16.5. The SMILES string of the molecule is C=CC(C)NC(=O)c1cc(C(=O)O)on1. The van der Waals surface area contributed by atoms with Crippen LogP contribution >= 0.6 is 0 Å². The Kier molecular flexibility index (Phi) is 3.22. The Bertz CT molecular complexity index is 397. The second-order valence-electron chi connectivity index (χ2n) is 2.88. The number of nitrogens with zero attached hydrogens (tertiary/aromatic N) is 1. The number of carbonyl (C=O) groups excluding carboxylic acids is 1. The van der Waals surface area contributed by atoms with Crippen LogP contribution in [0.25, 0.3) is 0 Å². The van der Waals surface area contributed by atoms with Gasteiger partial charge in [-0.05, 0) is 6.92 Å². The summed E-state index contributed by atoms with van der Waals surface area (Å²) in [5.74, 6) is -2.14. The molecule has 0 aliphatic rings. The second-order valence-corrected chi connectivity index (χ2v) is 2.88. The maximum absolute atomic E-state index is 11.4. The van der Waals surface area contributed by atoms with Crippen molar-refractivity contribution in [1.82, 2.24) is 10.5 Å². The number of hydrogen-bond acceptors (Lipinski definition) is 4. The highest BCUT2D eigenvalue weighted by Gasteiger charge is 2.16. The first-order valence-electron chi connectivity index (χ1n) is 4.18. The molecule has 1 atom stereocenters. The minimum Gasteiger partial charge on any atom is -0.475 e. The third-order valence-electron chi connectivity index (χ3n) is 1.67. The van der Waals surface area contributed by atoms with Crippen molar-refractivity contribution in [1.29, 1.82) is 0 Å². The topological polar surface area (TPSA) is 92.4 Å². The first-order chi connectivity index (χ1) is 7.04. The summed E-state index contributed by atoms with van der Waals surface area (Å²) < 4.78 is 4.43. The van der Waals surface area contributed by atoms with Gasteiger partial charge in [0, 0.05) is 12.1 Å². The zero-order valence-electron chi connectivity index (χ0n) is 8.06. The summed E-state index contributed by atoms with van der Waals surface area (Å²) in [6.45, 7) is 5.21. The van der Waals surface area contributed by atoms with Gasteiger partial charge in [0.05, 0.1) is 0 Å². The molecule has 0 radical (unpaired) electrons. The molecule has 0 aliphatic carbocycles. The van der Waals surface area contributed by atoms with Crippen LogP contribution in [0.15, 0.2) is 23.2 Å². The highest BCUT2D eigenvalue weighted by Crippen LogP contribution is 2.03. The largest absolute Gasteiger partial charge is 0.475 e. The van der Waals surface area contributed by atoms with Crippen LogP contribution in [-0.4, -0.2) is 28.2 Å². The second kappa shape index (κ2) is 4.41. The van der Waals surface area contributed by atoms with Crippen LogP contribution in [0.1, 0.15) is 28.0 Å². The number of carboxylic acid groups (broad SMARTS) is 1. The summed E-state index contributed by atoms with van der Waals surface area (Å²) in [5, 5.41) is 14.4.